The Balaban J connectivity index is 1.25. The van der Waals surface area contributed by atoms with Gasteiger partial charge in [-0.05, 0) is 83.2 Å². The minimum absolute atomic E-state index is 0.0463. The minimum Gasteiger partial charge on any atom is -0.446 e. The van der Waals surface area contributed by atoms with Crippen LogP contribution in [0.5, 0.6) is 0 Å². The summed E-state index contributed by atoms with van der Waals surface area (Å²) in [6.07, 6.45) is 6.91. The molecule has 2 amide bonds. The molecule has 0 spiro atoms. The number of hydrogen-bond acceptors (Lipinski definition) is 6. The summed E-state index contributed by atoms with van der Waals surface area (Å²) in [6, 6.07) is 7.29. The number of rotatable bonds is 7. The summed E-state index contributed by atoms with van der Waals surface area (Å²) in [5.74, 6) is 0.594. The van der Waals surface area contributed by atoms with E-state index in [4.69, 9.17) is 14.0 Å². The fourth-order valence-corrected chi connectivity index (χ4v) is 5.78. The normalized spacial score (nSPS) is 23.1. The van der Waals surface area contributed by atoms with Crippen LogP contribution in [-0.4, -0.2) is 63.9 Å². The number of benzene rings is 1. The van der Waals surface area contributed by atoms with Gasteiger partial charge < -0.3 is 29.2 Å². The molecule has 1 aromatic carbocycles. The Hall–Kier alpha value is -2.85. The lowest BCUT2D eigenvalue weighted by Gasteiger charge is -2.32. The van der Waals surface area contributed by atoms with Crippen molar-refractivity contribution >= 4 is 24.6 Å². The van der Waals surface area contributed by atoms with E-state index in [-0.39, 0.29) is 35.2 Å². The summed E-state index contributed by atoms with van der Waals surface area (Å²) in [5.41, 5.74) is 2.06. The first-order valence-corrected chi connectivity index (χ1v) is 14.7. The third-order valence-electron chi connectivity index (χ3n) is 8.98. The highest BCUT2D eigenvalue weighted by Gasteiger charge is 2.51. The van der Waals surface area contributed by atoms with Gasteiger partial charge in [0.15, 0.2) is 0 Å². The predicted molar refractivity (Wildman–Crippen MR) is 154 cm³/mol. The van der Waals surface area contributed by atoms with Crippen molar-refractivity contribution in [3.63, 3.8) is 0 Å². The zero-order valence-corrected chi connectivity index (χ0v) is 24.7. The number of alkyl carbamates (subject to hydrolysis) is 1. The van der Waals surface area contributed by atoms with Crippen LogP contribution in [0.15, 0.2) is 30.5 Å². The summed E-state index contributed by atoms with van der Waals surface area (Å²) in [5, 5.41) is 2.86. The van der Waals surface area contributed by atoms with Crippen LogP contribution in [0.4, 0.5) is 4.79 Å². The molecule has 3 fully saturated rings. The molecule has 2 aromatic rings. The molecule has 2 N–H and O–H groups in total. The lowest BCUT2D eigenvalue weighted by Crippen LogP contribution is -2.51. The van der Waals surface area contributed by atoms with Crippen LogP contribution in [0.1, 0.15) is 91.9 Å². The van der Waals surface area contributed by atoms with Gasteiger partial charge in [0, 0.05) is 6.54 Å². The molecule has 9 nitrogen and oxygen atoms in total. The van der Waals surface area contributed by atoms with Crippen molar-refractivity contribution < 1.29 is 23.6 Å². The molecular weight excluding hydrogens is 507 g/mol. The van der Waals surface area contributed by atoms with Crippen LogP contribution in [-0.2, 0) is 18.8 Å². The van der Waals surface area contributed by atoms with Gasteiger partial charge in [-0.15, -0.1) is 0 Å². The molecule has 1 aliphatic carbocycles. The number of imidazole rings is 1. The third kappa shape index (κ3) is 5.79. The average molecular weight is 551 g/mol. The smallest absolute Gasteiger partial charge is 0.446 e. The Kier molecular flexibility index (Phi) is 8.03. The molecule has 40 heavy (non-hydrogen) atoms. The van der Waals surface area contributed by atoms with Crippen LogP contribution < -0.4 is 10.8 Å². The zero-order chi connectivity index (χ0) is 28.7. The van der Waals surface area contributed by atoms with Crippen LogP contribution in [0.3, 0.4) is 0 Å². The summed E-state index contributed by atoms with van der Waals surface area (Å²) in [7, 11) is -0.410. The molecular formula is C30H43BN4O5. The van der Waals surface area contributed by atoms with E-state index in [1.807, 2.05) is 76.9 Å². The van der Waals surface area contributed by atoms with Crippen LogP contribution in [0.25, 0.3) is 11.3 Å². The second kappa shape index (κ2) is 11.2. The van der Waals surface area contributed by atoms with Gasteiger partial charge in [-0.2, -0.15) is 0 Å². The van der Waals surface area contributed by atoms with E-state index in [0.29, 0.717) is 6.54 Å². The standard InChI is InChI=1S/C30H43BN4O5/c1-19(2)25(34-28(37)38-22-10-7-8-11-22)27(36)35-17-9-12-24(35)26-32-18-23(33-26)20-13-15-21(16-14-20)31-39-29(3,4)30(5,6)40-31/h13-16,18-19,22,24-25H,7-12,17H2,1-6H3,(H,32,33)(H,34,37). The number of nitrogens with one attached hydrogen (secondary N) is 2. The molecule has 0 bridgehead atoms. The fraction of sp³-hybridized carbons (Fsp3) is 0.633. The number of ether oxygens (including phenoxy) is 1. The average Bonchev–Trinajstić information content (AvgIpc) is 3.69. The number of carbonyl (C=O) groups excluding carboxylic acids is 2. The van der Waals surface area contributed by atoms with E-state index in [9.17, 15) is 9.59 Å². The largest absolute Gasteiger partial charge is 0.494 e. The molecule has 3 heterocycles. The first-order valence-electron chi connectivity index (χ1n) is 14.7. The molecule has 2 aliphatic heterocycles. The lowest BCUT2D eigenvalue weighted by molar-refractivity contribution is -0.135. The molecule has 2 unspecified atom stereocenters. The molecule has 216 valence electrons. The van der Waals surface area contributed by atoms with E-state index < -0.39 is 19.3 Å². The molecule has 3 aliphatic rings. The fourth-order valence-electron chi connectivity index (χ4n) is 5.78. The first kappa shape index (κ1) is 28.7. The maximum Gasteiger partial charge on any atom is 0.494 e. The maximum absolute atomic E-state index is 13.7. The highest BCUT2D eigenvalue weighted by Crippen LogP contribution is 2.37. The van der Waals surface area contributed by atoms with Crippen LogP contribution >= 0.6 is 0 Å². The second-order valence-corrected chi connectivity index (χ2v) is 12.8. The van der Waals surface area contributed by atoms with E-state index in [1.165, 1.54) is 0 Å². The highest BCUT2D eigenvalue weighted by molar-refractivity contribution is 6.62. The van der Waals surface area contributed by atoms with Gasteiger partial charge >= 0.3 is 13.2 Å². The zero-order valence-electron chi connectivity index (χ0n) is 24.7. The Morgan fingerprint density at radius 1 is 1.05 bits per heavy atom. The Labute approximate surface area is 237 Å². The SMILES string of the molecule is CC(C)C(NC(=O)OC1CCCC1)C(=O)N1CCCC1c1ncc(-c2ccc(B3OC(C)(C)C(C)(C)O3)cc2)[nH]1. The van der Waals surface area contributed by atoms with Gasteiger partial charge in [0.25, 0.3) is 0 Å². The monoisotopic (exact) mass is 550 g/mol. The lowest BCUT2D eigenvalue weighted by atomic mass is 9.79. The highest BCUT2D eigenvalue weighted by atomic mass is 16.7. The van der Waals surface area contributed by atoms with Crippen molar-refractivity contribution in [1.29, 1.82) is 0 Å². The first-order chi connectivity index (χ1) is 18.9. The van der Waals surface area contributed by atoms with Gasteiger partial charge in [-0.25, -0.2) is 9.78 Å². The maximum atomic E-state index is 13.7. The molecule has 5 rings (SSSR count). The van der Waals surface area contributed by atoms with Gasteiger partial charge in [-0.1, -0.05) is 38.1 Å². The topological polar surface area (TPSA) is 106 Å². The van der Waals surface area contributed by atoms with Crippen molar-refractivity contribution in [3.05, 3.63) is 36.3 Å². The van der Waals surface area contributed by atoms with E-state index in [2.05, 4.69) is 15.3 Å². The second-order valence-electron chi connectivity index (χ2n) is 12.8. The number of likely N-dealkylation sites (tertiary alicyclic amines) is 1. The van der Waals surface area contributed by atoms with Gasteiger partial charge in [0.05, 0.1) is 29.1 Å². The molecule has 10 heteroatoms. The van der Waals surface area contributed by atoms with Gasteiger partial charge in [0.1, 0.15) is 18.0 Å². The van der Waals surface area contributed by atoms with Gasteiger partial charge in [0.2, 0.25) is 5.91 Å². The van der Waals surface area contributed by atoms with Crippen LogP contribution in [0, 0.1) is 5.92 Å². The molecule has 1 saturated carbocycles. The van der Waals surface area contributed by atoms with Crippen LogP contribution in [0.2, 0.25) is 0 Å². The Morgan fingerprint density at radius 2 is 1.70 bits per heavy atom. The van der Waals surface area contributed by atoms with Crippen molar-refractivity contribution in [1.82, 2.24) is 20.2 Å². The van der Waals surface area contributed by atoms with Gasteiger partial charge in [-0.3, -0.25) is 4.79 Å². The van der Waals surface area contributed by atoms with Crippen molar-refractivity contribution in [3.8, 4) is 11.3 Å². The quantitative estimate of drug-likeness (QED) is 0.483. The van der Waals surface area contributed by atoms with E-state index in [1.54, 1.807) is 0 Å². The van der Waals surface area contributed by atoms with E-state index >= 15 is 0 Å². The number of nitrogens with zero attached hydrogens (tertiary/aromatic N) is 2. The molecule has 2 saturated heterocycles. The third-order valence-corrected chi connectivity index (χ3v) is 8.98. The number of H-pyrrole nitrogens is 1. The summed E-state index contributed by atoms with van der Waals surface area (Å²) >= 11 is 0. The van der Waals surface area contributed by atoms with Crippen molar-refractivity contribution in [2.45, 2.75) is 109 Å². The molecule has 2 atom stereocenters. The summed E-state index contributed by atoms with van der Waals surface area (Å²) in [4.78, 5) is 36.2. The number of carbonyl (C=O) groups is 2. The summed E-state index contributed by atoms with van der Waals surface area (Å²) in [6.45, 7) is 12.7. The van der Waals surface area contributed by atoms with E-state index in [0.717, 1.165) is 61.1 Å². The number of hydrogen-bond donors (Lipinski definition) is 2. The summed E-state index contributed by atoms with van der Waals surface area (Å²) < 4.78 is 17.9. The molecule has 1 aromatic heterocycles. The van der Waals surface area contributed by atoms with Crippen molar-refractivity contribution in [2.24, 2.45) is 5.92 Å². The number of aromatic nitrogens is 2. The minimum atomic E-state index is -0.647. The molecule has 0 radical (unpaired) electrons. The number of aromatic amines is 1. The number of amides is 2. The Morgan fingerprint density at radius 3 is 2.33 bits per heavy atom. The van der Waals surface area contributed by atoms with Crippen molar-refractivity contribution in [2.75, 3.05) is 6.54 Å². The predicted octanol–water partition coefficient (Wildman–Crippen LogP) is 4.73. The Bertz CT molecular complexity index is 1190.